The van der Waals surface area contributed by atoms with E-state index in [1.54, 1.807) is 23.1 Å². The summed E-state index contributed by atoms with van der Waals surface area (Å²) in [6.07, 6.45) is 7.08. The maximum absolute atomic E-state index is 11.9. The van der Waals surface area contributed by atoms with Crippen molar-refractivity contribution in [3.8, 4) is 0 Å². The number of hydrogen-bond acceptors (Lipinski definition) is 5. The van der Waals surface area contributed by atoms with Gasteiger partial charge in [0.15, 0.2) is 0 Å². The average Bonchev–Trinajstić information content (AvgIpc) is 3.06. The lowest BCUT2D eigenvalue weighted by molar-refractivity contribution is -0.122. The molecular formula is C16H22N6O. The van der Waals surface area contributed by atoms with Crippen molar-refractivity contribution in [2.24, 2.45) is 0 Å². The Balaban J connectivity index is 1.60. The lowest BCUT2D eigenvalue weighted by atomic mass is 10.1. The molecular weight excluding hydrogens is 292 g/mol. The number of carbonyl (C=O) groups is 1. The van der Waals surface area contributed by atoms with E-state index in [0.29, 0.717) is 6.54 Å². The highest BCUT2D eigenvalue weighted by molar-refractivity contribution is 5.75. The molecule has 7 heteroatoms. The third kappa shape index (κ3) is 4.28. The van der Waals surface area contributed by atoms with E-state index in [4.69, 9.17) is 0 Å². The molecule has 1 aliphatic rings. The van der Waals surface area contributed by atoms with Crippen LogP contribution in [-0.4, -0.2) is 38.7 Å². The number of nitrogens with one attached hydrogen (secondary N) is 1. The number of carbonyl (C=O) groups excluding carboxylic acids is 1. The molecule has 3 heterocycles. The minimum absolute atomic E-state index is 0.0792. The van der Waals surface area contributed by atoms with E-state index in [9.17, 15) is 4.79 Å². The van der Waals surface area contributed by atoms with E-state index in [1.165, 1.54) is 19.3 Å². The van der Waals surface area contributed by atoms with Crippen molar-refractivity contribution < 1.29 is 4.79 Å². The van der Waals surface area contributed by atoms with Crippen molar-refractivity contribution in [1.29, 1.82) is 0 Å². The van der Waals surface area contributed by atoms with Crippen LogP contribution in [0.25, 0.3) is 0 Å². The fourth-order valence-corrected chi connectivity index (χ4v) is 2.73. The van der Waals surface area contributed by atoms with Gasteiger partial charge in [-0.05, 0) is 38.3 Å². The molecule has 0 atom stereocenters. The first-order valence-corrected chi connectivity index (χ1v) is 8.04. The van der Waals surface area contributed by atoms with Crippen LogP contribution in [0, 0.1) is 6.92 Å². The molecule has 7 nitrogen and oxygen atoms in total. The third-order valence-electron chi connectivity index (χ3n) is 3.87. The van der Waals surface area contributed by atoms with Gasteiger partial charge in [0.2, 0.25) is 11.9 Å². The molecule has 1 aliphatic heterocycles. The smallest absolute Gasteiger partial charge is 0.242 e. The molecule has 1 amide bonds. The van der Waals surface area contributed by atoms with Crippen LogP contribution in [0.15, 0.2) is 24.5 Å². The van der Waals surface area contributed by atoms with Gasteiger partial charge >= 0.3 is 0 Å². The molecule has 0 radical (unpaired) electrons. The quantitative estimate of drug-likeness (QED) is 0.900. The molecule has 23 heavy (non-hydrogen) atoms. The first kappa shape index (κ1) is 15.5. The summed E-state index contributed by atoms with van der Waals surface area (Å²) in [5.74, 6) is 0.700. The van der Waals surface area contributed by atoms with E-state index in [1.807, 2.05) is 13.0 Å². The molecule has 0 unspecified atom stereocenters. The largest absolute Gasteiger partial charge is 0.349 e. The van der Waals surface area contributed by atoms with Gasteiger partial charge in [0.1, 0.15) is 6.54 Å². The zero-order valence-corrected chi connectivity index (χ0v) is 13.4. The molecule has 0 bridgehead atoms. The number of aromatic nitrogens is 4. The van der Waals surface area contributed by atoms with Crippen LogP contribution < -0.4 is 10.2 Å². The predicted molar refractivity (Wildman–Crippen MR) is 86.9 cm³/mol. The van der Waals surface area contributed by atoms with E-state index in [0.717, 1.165) is 30.4 Å². The number of hydrogen-bond donors (Lipinski definition) is 1. The number of anilines is 1. The molecule has 1 N–H and O–H groups in total. The van der Waals surface area contributed by atoms with Gasteiger partial charge in [-0.2, -0.15) is 5.10 Å². The van der Waals surface area contributed by atoms with Gasteiger partial charge in [-0.25, -0.2) is 9.97 Å². The Labute approximate surface area is 135 Å². The highest BCUT2D eigenvalue weighted by Gasteiger charge is 2.14. The Morgan fingerprint density at radius 3 is 2.83 bits per heavy atom. The van der Waals surface area contributed by atoms with Crippen LogP contribution >= 0.6 is 0 Å². The van der Waals surface area contributed by atoms with E-state index >= 15 is 0 Å². The monoisotopic (exact) mass is 314 g/mol. The summed E-state index contributed by atoms with van der Waals surface area (Å²) in [7, 11) is 0. The van der Waals surface area contributed by atoms with Crippen LogP contribution in [0.1, 0.15) is 30.7 Å². The fourth-order valence-electron chi connectivity index (χ4n) is 2.73. The lowest BCUT2D eigenvalue weighted by Gasteiger charge is -2.27. The SMILES string of the molecule is Cc1cc(CNC(=O)Cn2cccn2)nc(N2CCCCC2)n1. The summed E-state index contributed by atoms with van der Waals surface area (Å²) in [5.41, 5.74) is 1.77. The molecule has 3 rings (SSSR count). The van der Waals surface area contributed by atoms with E-state index in [2.05, 4.69) is 25.3 Å². The van der Waals surface area contributed by atoms with Gasteiger partial charge in [-0.1, -0.05) is 0 Å². The Morgan fingerprint density at radius 1 is 1.26 bits per heavy atom. The summed E-state index contributed by atoms with van der Waals surface area (Å²) in [6.45, 7) is 4.60. The zero-order chi connectivity index (χ0) is 16.1. The van der Waals surface area contributed by atoms with Gasteiger partial charge in [0.05, 0.1) is 12.2 Å². The predicted octanol–water partition coefficient (Wildman–Crippen LogP) is 1.29. The molecule has 1 saturated heterocycles. The summed E-state index contributed by atoms with van der Waals surface area (Å²) in [4.78, 5) is 23.3. The molecule has 0 saturated carbocycles. The average molecular weight is 314 g/mol. The van der Waals surface area contributed by atoms with Crippen molar-refractivity contribution in [3.63, 3.8) is 0 Å². The second-order valence-corrected chi connectivity index (χ2v) is 5.83. The van der Waals surface area contributed by atoms with Gasteiger partial charge in [0.25, 0.3) is 0 Å². The molecule has 2 aromatic heterocycles. The van der Waals surface area contributed by atoms with Crippen LogP contribution in [0.4, 0.5) is 5.95 Å². The molecule has 0 aliphatic carbocycles. The van der Waals surface area contributed by atoms with Crippen LogP contribution in [0.3, 0.4) is 0 Å². The maximum Gasteiger partial charge on any atom is 0.242 e. The molecule has 0 spiro atoms. The Hall–Kier alpha value is -2.44. The summed E-state index contributed by atoms with van der Waals surface area (Å²) in [6, 6.07) is 3.72. The van der Waals surface area contributed by atoms with Crippen molar-refractivity contribution >= 4 is 11.9 Å². The van der Waals surface area contributed by atoms with Crippen molar-refractivity contribution in [2.45, 2.75) is 39.3 Å². The van der Waals surface area contributed by atoms with E-state index in [-0.39, 0.29) is 12.5 Å². The molecule has 2 aromatic rings. The molecule has 122 valence electrons. The fraction of sp³-hybridized carbons (Fsp3) is 0.500. The minimum atomic E-state index is -0.0792. The number of aryl methyl sites for hydroxylation is 1. The summed E-state index contributed by atoms with van der Waals surface area (Å²) >= 11 is 0. The first-order chi connectivity index (χ1) is 11.2. The van der Waals surface area contributed by atoms with Crippen LogP contribution in [-0.2, 0) is 17.9 Å². The van der Waals surface area contributed by atoms with Crippen molar-refractivity contribution in [1.82, 2.24) is 25.1 Å². The maximum atomic E-state index is 11.9. The van der Waals surface area contributed by atoms with Gasteiger partial charge in [-0.3, -0.25) is 9.48 Å². The number of amides is 1. The molecule has 0 aromatic carbocycles. The lowest BCUT2D eigenvalue weighted by Crippen LogP contribution is -2.32. The Bertz CT molecular complexity index is 649. The summed E-state index contributed by atoms with van der Waals surface area (Å²) in [5, 5.41) is 6.91. The van der Waals surface area contributed by atoms with Crippen molar-refractivity contribution in [2.75, 3.05) is 18.0 Å². The number of nitrogens with zero attached hydrogens (tertiary/aromatic N) is 5. The highest BCUT2D eigenvalue weighted by atomic mass is 16.2. The second-order valence-electron chi connectivity index (χ2n) is 5.83. The second kappa shape index (κ2) is 7.21. The standard InChI is InChI=1S/C16H22N6O/c1-13-10-14(11-17-15(23)12-22-9-5-6-18-22)20-16(19-13)21-7-3-2-4-8-21/h5-6,9-10H,2-4,7-8,11-12H2,1H3,(H,17,23). The highest BCUT2D eigenvalue weighted by Crippen LogP contribution is 2.16. The summed E-state index contributed by atoms with van der Waals surface area (Å²) < 4.78 is 1.60. The van der Waals surface area contributed by atoms with Gasteiger partial charge in [-0.15, -0.1) is 0 Å². The zero-order valence-electron chi connectivity index (χ0n) is 13.4. The van der Waals surface area contributed by atoms with Crippen molar-refractivity contribution in [3.05, 3.63) is 35.9 Å². The molecule has 1 fully saturated rings. The third-order valence-corrected chi connectivity index (χ3v) is 3.87. The van der Waals surface area contributed by atoms with Crippen LogP contribution in [0.5, 0.6) is 0 Å². The normalized spacial score (nSPS) is 14.7. The minimum Gasteiger partial charge on any atom is -0.349 e. The van der Waals surface area contributed by atoms with Gasteiger partial charge < -0.3 is 10.2 Å². The first-order valence-electron chi connectivity index (χ1n) is 8.04. The van der Waals surface area contributed by atoms with E-state index < -0.39 is 0 Å². The Kier molecular flexibility index (Phi) is 4.85. The van der Waals surface area contributed by atoms with Gasteiger partial charge in [0, 0.05) is 31.2 Å². The number of rotatable bonds is 5. The number of piperidine rings is 1. The topological polar surface area (TPSA) is 75.9 Å². The van der Waals surface area contributed by atoms with Crippen LogP contribution in [0.2, 0.25) is 0 Å². The Morgan fingerprint density at radius 2 is 2.09 bits per heavy atom.